The summed E-state index contributed by atoms with van der Waals surface area (Å²) in [6.45, 7) is 0.969. The first kappa shape index (κ1) is 6.88. The van der Waals surface area contributed by atoms with Gasteiger partial charge in [-0.3, -0.25) is 0 Å². The maximum atomic E-state index is 10.6. The number of rotatable bonds is 2. The lowest BCUT2D eigenvalue weighted by Crippen LogP contribution is -2.36. The highest BCUT2D eigenvalue weighted by Crippen LogP contribution is 1.86. The second kappa shape index (κ2) is 2.26. The first-order valence-electron chi connectivity index (χ1n) is 2.30. The highest BCUT2D eigenvalue weighted by Gasteiger charge is 1.95. The van der Waals surface area contributed by atoms with Crippen LogP contribution in [0.1, 0.15) is 0 Å². The summed E-state index contributed by atoms with van der Waals surface area (Å²) in [5.74, 6) is 0. The summed E-state index contributed by atoms with van der Waals surface area (Å²) in [6, 6.07) is 0. The molecule has 3 heteroatoms. The van der Waals surface area contributed by atoms with Gasteiger partial charge in [0.05, 0.1) is 20.6 Å². The second-order valence-corrected chi connectivity index (χ2v) is 2.09. The van der Waals surface area contributed by atoms with Gasteiger partial charge in [-0.2, -0.15) is 0 Å². The van der Waals surface area contributed by atoms with Crippen LogP contribution in [0, 0.1) is 5.21 Å². The van der Waals surface area contributed by atoms with Gasteiger partial charge in [-0.25, -0.2) is 0 Å². The van der Waals surface area contributed by atoms with Crippen LogP contribution >= 0.6 is 0 Å². The summed E-state index contributed by atoms with van der Waals surface area (Å²) in [5.41, 5.74) is 5.10. The number of nitrogens with zero attached hydrogens (tertiary/aromatic N) is 1. The zero-order valence-electron chi connectivity index (χ0n) is 4.85. The molecule has 0 amide bonds. The predicted octanol–water partition coefficient (Wildman–Crippen LogP) is -0.481. The fourth-order valence-corrected chi connectivity index (χ4v) is 0.311. The molecule has 0 aliphatic rings. The van der Waals surface area contributed by atoms with Gasteiger partial charge < -0.3 is 15.6 Å². The minimum atomic E-state index is -0.281. The first-order chi connectivity index (χ1) is 3.06. The van der Waals surface area contributed by atoms with Gasteiger partial charge in [0.2, 0.25) is 0 Å². The van der Waals surface area contributed by atoms with Crippen LogP contribution in [-0.4, -0.2) is 31.8 Å². The molecule has 0 atom stereocenters. The smallest absolute Gasteiger partial charge is 0.0904 e. The molecule has 0 unspecified atom stereocenters. The third-order valence-electron chi connectivity index (χ3n) is 0.668. The van der Waals surface area contributed by atoms with E-state index in [-0.39, 0.29) is 4.65 Å². The SMILES string of the molecule is C[N+](C)([O-])CCN. The van der Waals surface area contributed by atoms with Crippen molar-refractivity contribution in [3.8, 4) is 0 Å². The maximum absolute atomic E-state index is 10.6. The van der Waals surface area contributed by atoms with Crippen LogP contribution in [0.5, 0.6) is 0 Å². The van der Waals surface area contributed by atoms with Gasteiger partial charge in [0, 0.05) is 6.54 Å². The van der Waals surface area contributed by atoms with E-state index >= 15 is 0 Å². The van der Waals surface area contributed by atoms with Gasteiger partial charge in [-0.15, -0.1) is 0 Å². The summed E-state index contributed by atoms with van der Waals surface area (Å²) in [6.07, 6.45) is 0. The van der Waals surface area contributed by atoms with Gasteiger partial charge >= 0.3 is 0 Å². The third-order valence-corrected chi connectivity index (χ3v) is 0.668. The molecule has 0 heterocycles. The highest BCUT2D eigenvalue weighted by molar-refractivity contribution is 4.30. The number of nitrogens with two attached hydrogens (primary N) is 1. The largest absolute Gasteiger partial charge is 0.633 e. The molecule has 0 radical (unpaired) electrons. The molecule has 0 aromatic carbocycles. The van der Waals surface area contributed by atoms with Crippen LogP contribution in [0.4, 0.5) is 0 Å². The lowest BCUT2D eigenvalue weighted by atomic mass is 10.6. The van der Waals surface area contributed by atoms with Gasteiger partial charge in [0.1, 0.15) is 0 Å². The Hall–Kier alpha value is -0.120. The fourth-order valence-electron chi connectivity index (χ4n) is 0.311. The van der Waals surface area contributed by atoms with Crippen molar-refractivity contribution in [3.63, 3.8) is 0 Å². The van der Waals surface area contributed by atoms with Crippen molar-refractivity contribution in [2.75, 3.05) is 27.2 Å². The Labute approximate surface area is 43.9 Å². The molecule has 0 bridgehead atoms. The van der Waals surface area contributed by atoms with Crippen LogP contribution in [0.25, 0.3) is 0 Å². The van der Waals surface area contributed by atoms with Crippen LogP contribution in [-0.2, 0) is 0 Å². The third kappa shape index (κ3) is 5.88. The first-order valence-corrected chi connectivity index (χ1v) is 2.30. The van der Waals surface area contributed by atoms with Gasteiger partial charge in [0.25, 0.3) is 0 Å². The average Bonchev–Trinajstić information content (AvgIpc) is 1.30. The van der Waals surface area contributed by atoms with Crippen molar-refractivity contribution in [2.24, 2.45) is 5.73 Å². The number of hydrogen-bond donors (Lipinski definition) is 1. The second-order valence-electron chi connectivity index (χ2n) is 2.09. The minimum Gasteiger partial charge on any atom is -0.633 e. The average molecular weight is 104 g/mol. The number of hydroxylamine groups is 3. The Morgan fingerprint density at radius 2 is 2.00 bits per heavy atom. The highest BCUT2D eigenvalue weighted by atomic mass is 16.5. The summed E-state index contributed by atoms with van der Waals surface area (Å²) < 4.78 is -0.281. The van der Waals surface area contributed by atoms with E-state index in [0.29, 0.717) is 13.1 Å². The Balaban J connectivity index is 3.15. The van der Waals surface area contributed by atoms with E-state index in [1.54, 1.807) is 14.1 Å². The lowest BCUT2D eigenvalue weighted by molar-refractivity contribution is -0.838. The van der Waals surface area contributed by atoms with Crippen LogP contribution < -0.4 is 5.73 Å². The van der Waals surface area contributed by atoms with E-state index in [1.807, 2.05) is 0 Å². The molecule has 0 aromatic heterocycles. The van der Waals surface area contributed by atoms with E-state index in [9.17, 15) is 5.21 Å². The van der Waals surface area contributed by atoms with E-state index in [0.717, 1.165) is 0 Å². The molecule has 2 N–H and O–H groups in total. The van der Waals surface area contributed by atoms with Gasteiger partial charge in [-0.05, 0) is 0 Å². The fraction of sp³-hybridized carbons (Fsp3) is 1.00. The Morgan fingerprint density at radius 1 is 1.57 bits per heavy atom. The van der Waals surface area contributed by atoms with E-state index in [2.05, 4.69) is 0 Å². The van der Waals surface area contributed by atoms with Gasteiger partial charge in [0.15, 0.2) is 0 Å². The summed E-state index contributed by atoms with van der Waals surface area (Å²) in [4.78, 5) is 0. The molecule has 44 valence electrons. The van der Waals surface area contributed by atoms with Crippen molar-refractivity contribution in [2.45, 2.75) is 0 Å². The standard InChI is InChI=1S/C4H12N2O/c1-6(2,7)4-3-5/h3-5H2,1-2H3. The Morgan fingerprint density at radius 3 is 2.00 bits per heavy atom. The molecule has 3 nitrogen and oxygen atoms in total. The summed E-state index contributed by atoms with van der Waals surface area (Å²) in [7, 11) is 3.15. The number of quaternary nitrogens is 1. The van der Waals surface area contributed by atoms with E-state index < -0.39 is 0 Å². The Bertz CT molecular complexity index is 48.1. The number of hydrogen-bond acceptors (Lipinski definition) is 2. The molecule has 0 aromatic rings. The maximum Gasteiger partial charge on any atom is 0.0904 e. The van der Waals surface area contributed by atoms with Crippen LogP contribution in [0.2, 0.25) is 0 Å². The van der Waals surface area contributed by atoms with E-state index in [4.69, 9.17) is 5.73 Å². The summed E-state index contributed by atoms with van der Waals surface area (Å²) >= 11 is 0. The molecule has 0 aliphatic carbocycles. The number of likely N-dealkylation sites (N-methyl/N-ethyl adjacent to an activating group) is 1. The lowest BCUT2D eigenvalue weighted by Gasteiger charge is -2.32. The van der Waals surface area contributed by atoms with Crippen molar-refractivity contribution in [3.05, 3.63) is 5.21 Å². The van der Waals surface area contributed by atoms with E-state index in [1.165, 1.54) is 0 Å². The van der Waals surface area contributed by atoms with Crippen molar-refractivity contribution in [1.82, 2.24) is 0 Å². The molecule has 0 spiro atoms. The zero-order valence-corrected chi connectivity index (χ0v) is 4.85. The normalized spacial score (nSPS) is 12.0. The van der Waals surface area contributed by atoms with Gasteiger partial charge in [-0.1, -0.05) is 0 Å². The quantitative estimate of drug-likeness (QED) is 0.380. The topological polar surface area (TPSA) is 49.1 Å². The molecule has 0 saturated heterocycles. The van der Waals surface area contributed by atoms with Crippen molar-refractivity contribution < 1.29 is 4.65 Å². The molecule has 0 aliphatic heterocycles. The van der Waals surface area contributed by atoms with Crippen LogP contribution in [0.3, 0.4) is 0 Å². The predicted molar refractivity (Wildman–Crippen MR) is 29.4 cm³/mol. The molecule has 0 fully saturated rings. The minimum absolute atomic E-state index is 0.281. The van der Waals surface area contributed by atoms with Crippen molar-refractivity contribution in [1.29, 1.82) is 0 Å². The van der Waals surface area contributed by atoms with Crippen LogP contribution in [0.15, 0.2) is 0 Å². The molecular weight excluding hydrogens is 92.1 g/mol. The molecular formula is C4H12N2O. The molecule has 0 rings (SSSR count). The molecule has 7 heavy (non-hydrogen) atoms. The van der Waals surface area contributed by atoms with Crippen molar-refractivity contribution >= 4 is 0 Å². The Kier molecular flexibility index (Phi) is 2.22. The zero-order chi connectivity index (χ0) is 5.91. The monoisotopic (exact) mass is 104 g/mol. The molecule has 0 saturated carbocycles. The summed E-state index contributed by atoms with van der Waals surface area (Å²) in [5, 5.41) is 10.6.